The maximum absolute atomic E-state index is 13.5. The predicted octanol–water partition coefficient (Wildman–Crippen LogP) is 3.33. The molecular weight excluding hydrogens is 271 g/mol. The van der Waals surface area contributed by atoms with Gasteiger partial charge in [0.15, 0.2) is 11.6 Å². The van der Waals surface area contributed by atoms with Gasteiger partial charge in [0.25, 0.3) is 0 Å². The fourth-order valence-electron chi connectivity index (χ4n) is 1.35. The second-order valence-corrected chi connectivity index (χ2v) is 3.70. The fraction of sp³-hybridized carbons (Fsp3) is 0.182. The molecule has 0 radical (unpaired) electrons. The number of benzene rings is 1. The van der Waals surface area contributed by atoms with Gasteiger partial charge in [-0.05, 0) is 25.1 Å². The molecule has 3 nitrogen and oxygen atoms in total. The Morgan fingerprint density at radius 1 is 1.16 bits per heavy atom. The lowest BCUT2D eigenvalue weighted by Crippen LogP contribution is -2.13. The molecular formula is C11H7F5N2O. The highest BCUT2D eigenvalue weighted by atomic mass is 19.4. The molecule has 0 aliphatic rings. The molecule has 1 aromatic carbocycles. The highest BCUT2D eigenvalue weighted by Gasteiger charge is 2.33. The SMILES string of the molecule is Cc1ccnn1Oc1c(F)cc(C(F)(F)F)cc1F. The first-order valence-corrected chi connectivity index (χ1v) is 5.04. The molecule has 0 spiro atoms. The van der Waals surface area contributed by atoms with Crippen molar-refractivity contribution >= 4 is 0 Å². The van der Waals surface area contributed by atoms with Crippen molar-refractivity contribution in [2.24, 2.45) is 0 Å². The van der Waals surface area contributed by atoms with E-state index in [1.54, 1.807) is 6.92 Å². The monoisotopic (exact) mass is 278 g/mol. The molecule has 2 rings (SSSR count). The van der Waals surface area contributed by atoms with Crippen LogP contribution in [-0.2, 0) is 6.18 Å². The Kier molecular flexibility index (Phi) is 3.17. The first-order valence-electron chi connectivity index (χ1n) is 5.04. The van der Waals surface area contributed by atoms with Crippen molar-refractivity contribution in [3.8, 4) is 5.75 Å². The number of hydrogen-bond acceptors (Lipinski definition) is 2. The molecule has 19 heavy (non-hydrogen) atoms. The summed E-state index contributed by atoms with van der Waals surface area (Å²) >= 11 is 0. The van der Waals surface area contributed by atoms with Gasteiger partial charge in [-0.2, -0.15) is 13.2 Å². The van der Waals surface area contributed by atoms with E-state index >= 15 is 0 Å². The number of aryl methyl sites for hydroxylation is 1. The summed E-state index contributed by atoms with van der Waals surface area (Å²) in [5.41, 5.74) is -0.995. The van der Waals surface area contributed by atoms with Crippen molar-refractivity contribution in [2.45, 2.75) is 13.1 Å². The summed E-state index contributed by atoms with van der Waals surface area (Å²) in [7, 11) is 0. The van der Waals surface area contributed by atoms with Crippen molar-refractivity contribution in [3.05, 3.63) is 47.3 Å². The average Bonchev–Trinajstić information content (AvgIpc) is 2.68. The summed E-state index contributed by atoms with van der Waals surface area (Å²) in [6, 6.07) is 1.83. The molecule has 1 aromatic heterocycles. The van der Waals surface area contributed by atoms with Gasteiger partial charge in [0.2, 0.25) is 5.75 Å². The van der Waals surface area contributed by atoms with Crippen molar-refractivity contribution in [3.63, 3.8) is 0 Å². The minimum atomic E-state index is -4.83. The molecule has 0 atom stereocenters. The molecule has 0 saturated heterocycles. The molecule has 8 heteroatoms. The minimum Gasteiger partial charge on any atom is -0.352 e. The first-order chi connectivity index (χ1) is 8.79. The Balaban J connectivity index is 2.40. The highest BCUT2D eigenvalue weighted by molar-refractivity contribution is 5.32. The Hall–Kier alpha value is -2.12. The number of aromatic nitrogens is 2. The Morgan fingerprint density at radius 2 is 1.74 bits per heavy atom. The van der Waals surface area contributed by atoms with Crippen molar-refractivity contribution in [1.82, 2.24) is 9.94 Å². The number of halogens is 5. The zero-order valence-electron chi connectivity index (χ0n) is 9.50. The molecule has 2 aromatic rings. The third kappa shape index (κ3) is 2.67. The maximum atomic E-state index is 13.5. The van der Waals surface area contributed by atoms with Crippen LogP contribution in [0.1, 0.15) is 11.3 Å². The van der Waals surface area contributed by atoms with Crippen LogP contribution in [0.3, 0.4) is 0 Å². The van der Waals surface area contributed by atoms with E-state index in [0.29, 0.717) is 5.69 Å². The van der Waals surface area contributed by atoms with E-state index in [1.807, 2.05) is 0 Å². The van der Waals surface area contributed by atoms with Crippen LogP contribution in [0.15, 0.2) is 24.4 Å². The van der Waals surface area contributed by atoms with Crippen LogP contribution in [0.4, 0.5) is 22.0 Å². The Morgan fingerprint density at radius 3 is 2.16 bits per heavy atom. The molecule has 0 N–H and O–H groups in total. The predicted molar refractivity (Wildman–Crippen MR) is 54.4 cm³/mol. The first kappa shape index (κ1) is 13.3. The Bertz CT molecular complexity index is 582. The van der Waals surface area contributed by atoms with E-state index in [-0.39, 0.29) is 12.1 Å². The van der Waals surface area contributed by atoms with Crippen LogP contribution < -0.4 is 4.84 Å². The fourth-order valence-corrected chi connectivity index (χ4v) is 1.35. The Labute approximate surface area is 104 Å². The lowest BCUT2D eigenvalue weighted by molar-refractivity contribution is -0.138. The van der Waals surface area contributed by atoms with Crippen LogP contribution >= 0.6 is 0 Å². The van der Waals surface area contributed by atoms with E-state index in [0.717, 1.165) is 4.85 Å². The second-order valence-electron chi connectivity index (χ2n) is 3.70. The molecule has 0 saturated carbocycles. The lowest BCUT2D eigenvalue weighted by atomic mass is 10.2. The normalized spacial score (nSPS) is 11.7. The number of nitrogens with zero attached hydrogens (tertiary/aromatic N) is 2. The summed E-state index contributed by atoms with van der Waals surface area (Å²) in [6.45, 7) is 1.55. The third-order valence-corrected chi connectivity index (χ3v) is 2.29. The van der Waals surface area contributed by atoms with Crippen molar-refractivity contribution < 1.29 is 26.8 Å². The van der Waals surface area contributed by atoms with Gasteiger partial charge in [0.05, 0.1) is 17.5 Å². The standard InChI is InChI=1S/C11H7F5N2O/c1-6-2-3-17-18(6)19-10-8(12)4-7(5-9(10)13)11(14,15)16/h2-5H,1H3. The smallest absolute Gasteiger partial charge is 0.352 e. The summed E-state index contributed by atoms with van der Waals surface area (Å²) in [6.07, 6.45) is -3.52. The summed E-state index contributed by atoms with van der Waals surface area (Å²) in [5.74, 6) is -3.86. The van der Waals surface area contributed by atoms with Gasteiger partial charge in [0, 0.05) is 0 Å². The van der Waals surface area contributed by atoms with Crippen molar-refractivity contribution in [2.75, 3.05) is 0 Å². The van der Waals surface area contributed by atoms with E-state index in [4.69, 9.17) is 4.84 Å². The van der Waals surface area contributed by atoms with E-state index < -0.39 is 29.1 Å². The lowest BCUT2D eigenvalue weighted by Gasteiger charge is -2.11. The number of rotatable bonds is 2. The average molecular weight is 278 g/mol. The van der Waals surface area contributed by atoms with Gasteiger partial charge in [-0.15, -0.1) is 5.10 Å². The molecule has 0 bridgehead atoms. The molecule has 0 amide bonds. The minimum absolute atomic E-state index is 0.164. The van der Waals surface area contributed by atoms with Gasteiger partial charge in [0.1, 0.15) is 0 Å². The van der Waals surface area contributed by atoms with E-state index in [9.17, 15) is 22.0 Å². The molecule has 0 aliphatic carbocycles. The summed E-state index contributed by atoms with van der Waals surface area (Å²) in [5, 5.41) is 3.60. The van der Waals surface area contributed by atoms with Crippen LogP contribution in [0.25, 0.3) is 0 Å². The molecule has 1 heterocycles. The topological polar surface area (TPSA) is 27.1 Å². The molecule has 102 valence electrons. The number of alkyl halides is 3. The van der Waals surface area contributed by atoms with Crippen LogP contribution in [0, 0.1) is 18.6 Å². The van der Waals surface area contributed by atoms with Crippen LogP contribution in [-0.4, -0.2) is 9.94 Å². The maximum Gasteiger partial charge on any atom is 0.416 e. The van der Waals surface area contributed by atoms with Crippen LogP contribution in [0.5, 0.6) is 5.75 Å². The molecule has 0 fully saturated rings. The third-order valence-electron chi connectivity index (χ3n) is 2.29. The van der Waals surface area contributed by atoms with Gasteiger partial charge >= 0.3 is 6.18 Å². The second kappa shape index (κ2) is 4.52. The molecule has 0 unspecified atom stereocenters. The van der Waals surface area contributed by atoms with Gasteiger partial charge in [-0.25, -0.2) is 8.78 Å². The van der Waals surface area contributed by atoms with Crippen molar-refractivity contribution in [1.29, 1.82) is 0 Å². The molecule has 0 aliphatic heterocycles. The van der Waals surface area contributed by atoms with Crippen LogP contribution in [0.2, 0.25) is 0 Å². The zero-order valence-corrected chi connectivity index (χ0v) is 9.50. The largest absolute Gasteiger partial charge is 0.416 e. The summed E-state index contributed by atoms with van der Waals surface area (Å²) < 4.78 is 63.9. The highest BCUT2D eigenvalue weighted by Crippen LogP contribution is 2.33. The van der Waals surface area contributed by atoms with E-state index in [2.05, 4.69) is 5.10 Å². The summed E-state index contributed by atoms with van der Waals surface area (Å²) in [4.78, 5) is 5.57. The quantitative estimate of drug-likeness (QED) is 0.788. The number of hydrogen-bond donors (Lipinski definition) is 0. The van der Waals surface area contributed by atoms with E-state index in [1.165, 1.54) is 12.3 Å². The van der Waals surface area contributed by atoms with Gasteiger partial charge < -0.3 is 4.84 Å². The van der Waals surface area contributed by atoms with Gasteiger partial charge in [-0.3, -0.25) is 0 Å². The zero-order chi connectivity index (χ0) is 14.2. The van der Waals surface area contributed by atoms with Gasteiger partial charge in [-0.1, -0.05) is 4.85 Å².